The molecule has 1 aromatic rings. The Morgan fingerprint density at radius 3 is 2.70 bits per heavy atom. The summed E-state index contributed by atoms with van der Waals surface area (Å²) in [4.78, 5) is 0. The fourth-order valence-corrected chi connectivity index (χ4v) is 4.13. The fourth-order valence-electron chi connectivity index (χ4n) is 4.13. The highest BCUT2D eigenvalue weighted by atomic mass is 16.7. The molecule has 4 heteroatoms. The van der Waals surface area contributed by atoms with Gasteiger partial charge in [-0.25, -0.2) is 0 Å². The minimum Gasteiger partial charge on any atom is -0.347 e. The van der Waals surface area contributed by atoms with E-state index in [9.17, 15) is 0 Å². The molecule has 110 valence electrons. The van der Waals surface area contributed by atoms with Gasteiger partial charge in [0.2, 0.25) is 0 Å². The van der Waals surface area contributed by atoms with Crippen LogP contribution in [0.4, 0.5) is 0 Å². The van der Waals surface area contributed by atoms with E-state index >= 15 is 0 Å². The average molecular weight is 276 g/mol. The SMILES string of the molecule is c1nn(C2CCCCC2)c2c1CC1(CCC2)OCCO1. The van der Waals surface area contributed by atoms with Gasteiger partial charge in [0.1, 0.15) is 0 Å². The van der Waals surface area contributed by atoms with Crippen molar-refractivity contribution < 1.29 is 9.47 Å². The van der Waals surface area contributed by atoms with E-state index in [1.165, 1.54) is 43.4 Å². The van der Waals surface area contributed by atoms with Crippen molar-refractivity contribution in [2.75, 3.05) is 13.2 Å². The minimum absolute atomic E-state index is 0.342. The first-order valence-corrected chi connectivity index (χ1v) is 8.19. The number of hydrogen-bond donors (Lipinski definition) is 0. The van der Waals surface area contributed by atoms with Gasteiger partial charge < -0.3 is 9.47 Å². The highest BCUT2D eigenvalue weighted by Gasteiger charge is 2.39. The van der Waals surface area contributed by atoms with E-state index in [4.69, 9.17) is 14.6 Å². The number of nitrogens with zero attached hydrogens (tertiary/aromatic N) is 2. The Bertz CT molecular complexity index is 471. The molecule has 0 radical (unpaired) electrons. The van der Waals surface area contributed by atoms with Crippen LogP contribution in [0.5, 0.6) is 0 Å². The lowest BCUT2D eigenvalue weighted by atomic mass is 9.95. The predicted octanol–water partition coefficient (Wildman–Crippen LogP) is 3.01. The van der Waals surface area contributed by atoms with E-state index in [2.05, 4.69) is 10.9 Å². The molecule has 2 heterocycles. The van der Waals surface area contributed by atoms with Gasteiger partial charge in [-0.3, -0.25) is 4.68 Å². The zero-order chi connectivity index (χ0) is 13.4. The lowest BCUT2D eigenvalue weighted by Gasteiger charge is -2.25. The topological polar surface area (TPSA) is 36.3 Å². The Labute approximate surface area is 120 Å². The zero-order valence-corrected chi connectivity index (χ0v) is 12.1. The van der Waals surface area contributed by atoms with Gasteiger partial charge in [0, 0.05) is 18.5 Å². The molecule has 1 aliphatic heterocycles. The molecule has 1 aromatic heterocycles. The van der Waals surface area contributed by atoms with Gasteiger partial charge in [-0.1, -0.05) is 19.3 Å². The van der Waals surface area contributed by atoms with Crippen LogP contribution < -0.4 is 0 Å². The van der Waals surface area contributed by atoms with Crippen molar-refractivity contribution in [3.8, 4) is 0 Å². The molecule has 4 rings (SSSR count). The predicted molar refractivity (Wildman–Crippen MR) is 75.6 cm³/mol. The Morgan fingerprint density at radius 1 is 1.10 bits per heavy atom. The molecule has 2 fully saturated rings. The molecular formula is C16H24N2O2. The highest BCUT2D eigenvalue weighted by Crippen LogP contribution is 2.36. The van der Waals surface area contributed by atoms with Crippen molar-refractivity contribution in [3.05, 3.63) is 17.5 Å². The summed E-state index contributed by atoms with van der Waals surface area (Å²) in [6.07, 6.45) is 12.9. The number of fused-ring (bicyclic) bond motifs is 1. The summed E-state index contributed by atoms with van der Waals surface area (Å²) in [5.41, 5.74) is 2.81. The second kappa shape index (κ2) is 5.15. The molecule has 0 bridgehead atoms. The molecule has 1 spiro atoms. The molecular weight excluding hydrogens is 252 g/mol. The third-order valence-corrected chi connectivity index (χ3v) is 5.15. The van der Waals surface area contributed by atoms with Crippen molar-refractivity contribution in [1.29, 1.82) is 0 Å². The molecule has 3 aliphatic rings. The van der Waals surface area contributed by atoms with Crippen molar-refractivity contribution in [3.63, 3.8) is 0 Å². The van der Waals surface area contributed by atoms with Gasteiger partial charge in [0.15, 0.2) is 5.79 Å². The van der Waals surface area contributed by atoms with Crippen LogP contribution in [0.1, 0.15) is 62.2 Å². The van der Waals surface area contributed by atoms with E-state index in [-0.39, 0.29) is 5.79 Å². The first-order chi connectivity index (χ1) is 9.86. The van der Waals surface area contributed by atoms with E-state index < -0.39 is 0 Å². The maximum absolute atomic E-state index is 5.91. The molecule has 0 atom stereocenters. The quantitative estimate of drug-likeness (QED) is 0.791. The fraction of sp³-hybridized carbons (Fsp3) is 0.812. The third-order valence-electron chi connectivity index (χ3n) is 5.15. The molecule has 20 heavy (non-hydrogen) atoms. The largest absolute Gasteiger partial charge is 0.347 e. The summed E-state index contributed by atoms with van der Waals surface area (Å²) in [6.45, 7) is 1.48. The molecule has 0 N–H and O–H groups in total. The molecule has 2 aliphatic carbocycles. The molecule has 1 saturated carbocycles. The van der Waals surface area contributed by atoms with Gasteiger partial charge >= 0.3 is 0 Å². The Kier molecular flexibility index (Phi) is 3.31. The second-order valence-corrected chi connectivity index (χ2v) is 6.49. The third kappa shape index (κ3) is 2.19. The van der Waals surface area contributed by atoms with Crippen molar-refractivity contribution in [2.45, 2.75) is 69.6 Å². The summed E-state index contributed by atoms with van der Waals surface area (Å²) >= 11 is 0. The van der Waals surface area contributed by atoms with Gasteiger partial charge in [-0.2, -0.15) is 5.10 Å². The summed E-state index contributed by atoms with van der Waals surface area (Å²) in [5.74, 6) is -0.342. The number of ether oxygens (including phenoxy) is 2. The first-order valence-electron chi connectivity index (χ1n) is 8.19. The number of hydrogen-bond acceptors (Lipinski definition) is 3. The minimum atomic E-state index is -0.342. The van der Waals surface area contributed by atoms with Gasteiger partial charge in [-0.15, -0.1) is 0 Å². The summed E-state index contributed by atoms with van der Waals surface area (Å²) < 4.78 is 14.2. The molecule has 4 nitrogen and oxygen atoms in total. The standard InChI is InChI=1S/C16H24N2O2/c1-2-5-14(6-3-1)18-15-7-4-8-16(19-9-10-20-16)11-13(15)12-17-18/h12,14H,1-11H2. The highest BCUT2D eigenvalue weighted by molar-refractivity contribution is 5.22. The zero-order valence-electron chi connectivity index (χ0n) is 12.1. The Hall–Kier alpha value is -0.870. The van der Waals surface area contributed by atoms with E-state index in [1.807, 2.05) is 0 Å². The summed E-state index contributed by atoms with van der Waals surface area (Å²) in [5, 5.41) is 4.72. The molecule has 1 saturated heterocycles. The van der Waals surface area contributed by atoms with Crippen LogP contribution in [0, 0.1) is 0 Å². The van der Waals surface area contributed by atoms with Crippen LogP contribution in [0.3, 0.4) is 0 Å². The monoisotopic (exact) mass is 276 g/mol. The van der Waals surface area contributed by atoms with Gasteiger partial charge in [0.05, 0.1) is 25.5 Å². The van der Waals surface area contributed by atoms with E-state index in [1.54, 1.807) is 0 Å². The number of aromatic nitrogens is 2. The van der Waals surface area contributed by atoms with Gasteiger partial charge in [-0.05, 0) is 31.2 Å². The maximum atomic E-state index is 5.91. The van der Waals surface area contributed by atoms with Crippen molar-refractivity contribution in [2.24, 2.45) is 0 Å². The van der Waals surface area contributed by atoms with Crippen LogP contribution >= 0.6 is 0 Å². The molecule has 0 amide bonds. The van der Waals surface area contributed by atoms with Crippen molar-refractivity contribution in [1.82, 2.24) is 9.78 Å². The average Bonchev–Trinajstić information content (AvgIpc) is 3.05. The van der Waals surface area contributed by atoms with Gasteiger partial charge in [0.25, 0.3) is 0 Å². The van der Waals surface area contributed by atoms with Crippen LogP contribution in [-0.4, -0.2) is 28.8 Å². The van der Waals surface area contributed by atoms with Crippen LogP contribution in [0.15, 0.2) is 6.20 Å². The van der Waals surface area contributed by atoms with Crippen LogP contribution in [0.2, 0.25) is 0 Å². The van der Waals surface area contributed by atoms with E-state index in [0.717, 1.165) is 38.9 Å². The lowest BCUT2D eigenvalue weighted by Crippen LogP contribution is -2.31. The number of rotatable bonds is 1. The first kappa shape index (κ1) is 12.8. The van der Waals surface area contributed by atoms with Crippen molar-refractivity contribution >= 4 is 0 Å². The lowest BCUT2D eigenvalue weighted by molar-refractivity contribution is -0.160. The summed E-state index contributed by atoms with van der Waals surface area (Å²) in [6, 6.07) is 0.631. The maximum Gasteiger partial charge on any atom is 0.172 e. The summed E-state index contributed by atoms with van der Waals surface area (Å²) in [7, 11) is 0. The Balaban J connectivity index is 1.61. The second-order valence-electron chi connectivity index (χ2n) is 6.49. The van der Waals surface area contributed by atoms with E-state index in [0.29, 0.717) is 6.04 Å². The van der Waals surface area contributed by atoms with Crippen LogP contribution in [0.25, 0.3) is 0 Å². The Morgan fingerprint density at radius 2 is 1.90 bits per heavy atom. The van der Waals surface area contributed by atoms with Crippen LogP contribution in [-0.2, 0) is 22.3 Å². The smallest absolute Gasteiger partial charge is 0.172 e. The molecule has 0 aromatic carbocycles. The molecule has 0 unspecified atom stereocenters. The normalized spacial score (nSPS) is 26.6.